The van der Waals surface area contributed by atoms with Crippen LogP contribution in [-0.2, 0) is 4.79 Å². The Morgan fingerprint density at radius 1 is 1.05 bits per heavy atom. The number of urea groups is 1. The number of carbonyl (C=O) groups is 2. The molecule has 0 heterocycles. The highest BCUT2D eigenvalue weighted by Gasteiger charge is 2.33. The first-order chi connectivity index (χ1) is 9.47. The molecule has 7 heteroatoms. The summed E-state index contributed by atoms with van der Waals surface area (Å²) in [7, 11) is 0. The molecule has 21 heavy (non-hydrogen) atoms. The van der Waals surface area contributed by atoms with Crippen molar-refractivity contribution in [1.82, 2.24) is 0 Å². The molecule has 0 fully saturated rings. The second kappa shape index (κ2) is 8.49. The molecule has 1 rings (SSSR count). The van der Waals surface area contributed by atoms with Crippen LogP contribution in [0.2, 0.25) is 0 Å². The third kappa shape index (κ3) is 4.91. The van der Waals surface area contributed by atoms with Crippen LogP contribution in [0.4, 0.5) is 16.2 Å². The minimum atomic E-state index is -0.624. The van der Waals surface area contributed by atoms with Crippen molar-refractivity contribution >= 4 is 35.7 Å². The van der Waals surface area contributed by atoms with Crippen molar-refractivity contribution in [1.29, 1.82) is 0 Å². The van der Waals surface area contributed by atoms with Gasteiger partial charge in [0, 0.05) is 17.9 Å². The van der Waals surface area contributed by atoms with Gasteiger partial charge in [-0.3, -0.25) is 4.79 Å². The van der Waals surface area contributed by atoms with Gasteiger partial charge in [0.15, 0.2) is 0 Å². The van der Waals surface area contributed by atoms with Crippen molar-refractivity contribution in [2.75, 3.05) is 17.2 Å². The fourth-order valence-electron chi connectivity index (χ4n) is 2.00. The Kier molecular flexibility index (Phi) is 7.76. The second-order valence-corrected chi connectivity index (χ2v) is 4.71. The first-order valence-corrected chi connectivity index (χ1v) is 6.65. The summed E-state index contributed by atoms with van der Waals surface area (Å²) in [6, 6.07) is 6.12. The summed E-state index contributed by atoms with van der Waals surface area (Å²) in [4.78, 5) is 23.0. The number of halogens is 1. The molecule has 0 aromatic heterocycles. The van der Waals surface area contributed by atoms with E-state index in [4.69, 9.17) is 11.5 Å². The van der Waals surface area contributed by atoms with Gasteiger partial charge in [-0.05, 0) is 37.1 Å². The maximum atomic E-state index is 12.3. The minimum Gasteiger partial charge on any atom is -0.351 e. The molecule has 0 unspecified atom stereocenters. The van der Waals surface area contributed by atoms with Gasteiger partial charge >= 0.3 is 6.03 Å². The molecule has 0 saturated carbocycles. The van der Waals surface area contributed by atoms with Crippen LogP contribution in [0.1, 0.15) is 26.7 Å². The van der Waals surface area contributed by atoms with Crippen molar-refractivity contribution in [3.05, 3.63) is 24.3 Å². The van der Waals surface area contributed by atoms with Crippen LogP contribution in [0.5, 0.6) is 0 Å². The Hall–Kier alpha value is -1.79. The molecule has 6 nitrogen and oxygen atoms in total. The molecule has 6 N–H and O–H groups in total. The van der Waals surface area contributed by atoms with E-state index >= 15 is 0 Å². The molecule has 0 saturated heterocycles. The quantitative estimate of drug-likeness (QED) is 0.646. The van der Waals surface area contributed by atoms with Crippen molar-refractivity contribution < 1.29 is 9.59 Å². The first kappa shape index (κ1) is 19.2. The normalized spacial score (nSPS) is 10.4. The first-order valence-electron chi connectivity index (χ1n) is 6.65. The maximum Gasteiger partial charge on any atom is 0.316 e. The van der Waals surface area contributed by atoms with Crippen LogP contribution < -0.4 is 22.1 Å². The monoisotopic (exact) mass is 314 g/mol. The lowest BCUT2D eigenvalue weighted by Gasteiger charge is -2.28. The highest BCUT2D eigenvalue weighted by Crippen LogP contribution is 2.27. The van der Waals surface area contributed by atoms with Crippen LogP contribution in [0.25, 0.3) is 0 Å². The van der Waals surface area contributed by atoms with Gasteiger partial charge in [0.2, 0.25) is 5.91 Å². The van der Waals surface area contributed by atoms with Gasteiger partial charge < -0.3 is 22.1 Å². The molecule has 1 aromatic rings. The van der Waals surface area contributed by atoms with Gasteiger partial charge in [0.05, 0.1) is 5.41 Å². The van der Waals surface area contributed by atoms with Crippen LogP contribution in [-0.4, -0.2) is 18.5 Å². The van der Waals surface area contributed by atoms with Crippen molar-refractivity contribution in [2.45, 2.75) is 26.7 Å². The number of nitrogens with two attached hydrogens (primary N) is 2. The van der Waals surface area contributed by atoms with Gasteiger partial charge in [-0.1, -0.05) is 13.8 Å². The lowest BCUT2D eigenvalue weighted by Crippen LogP contribution is -2.41. The predicted molar refractivity (Wildman–Crippen MR) is 87.6 cm³/mol. The van der Waals surface area contributed by atoms with E-state index in [0.717, 1.165) is 0 Å². The summed E-state index contributed by atoms with van der Waals surface area (Å²) in [6.07, 6.45) is 1.38. The average Bonchev–Trinajstić information content (AvgIpc) is 2.43. The molecular formula is C14H23ClN4O2. The molecule has 118 valence electrons. The molecule has 1 aromatic carbocycles. The lowest BCUT2D eigenvalue weighted by atomic mass is 9.81. The van der Waals surface area contributed by atoms with Gasteiger partial charge in [0.1, 0.15) is 0 Å². The Morgan fingerprint density at radius 3 is 1.81 bits per heavy atom. The molecule has 3 amide bonds. The number of rotatable bonds is 6. The summed E-state index contributed by atoms with van der Waals surface area (Å²) < 4.78 is 0. The number of hydrogen-bond acceptors (Lipinski definition) is 3. The van der Waals surface area contributed by atoms with E-state index in [9.17, 15) is 9.59 Å². The van der Waals surface area contributed by atoms with Gasteiger partial charge in [-0.2, -0.15) is 0 Å². The summed E-state index contributed by atoms with van der Waals surface area (Å²) in [6.45, 7) is 4.22. The van der Waals surface area contributed by atoms with Crippen LogP contribution in [0, 0.1) is 5.41 Å². The summed E-state index contributed by atoms with van der Waals surface area (Å²) in [5.74, 6) is -0.0828. The lowest BCUT2D eigenvalue weighted by molar-refractivity contribution is -0.125. The highest BCUT2D eigenvalue weighted by molar-refractivity contribution is 5.96. The minimum absolute atomic E-state index is 0. The molecular weight excluding hydrogens is 292 g/mol. The Bertz CT molecular complexity index is 464. The van der Waals surface area contributed by atoms with Gasteiger partial charge in [-0.25, -0.2) is 4.79 Å². The fraction of sp³-hybridized carbons (Fsp3) is 0.429. The number of carbonyl (C=O) groups excluding carboxylic acids is 2. The molecule has 0 spiro atoms. The van der Waals surface area contributed by atoms with E-state index < -0.39 is 11.4 Å². The largest absolute Gasteiger partial charge is 0.351 e. The van der Waals surface area contributed by atoms with Gasteiger partial charge in [0.25, 0.3) is 0 Å². The van der Waals surface area contributed by atoms with E-state index in [1.807, 2.05) is 13.8 Å². The number of primary amides is 1. The number of benzene rings is 1. The second-order valence-electron chi connectivity index (χ2n) is 4.71. The Labute approximate surface area is 131 Å². The van der Waals surface area contributed by atoms with E-state index in [1.54, 1.807) is 24.3 Å². The number of amides is 3. The Morgan fingerprint density at radius 2 is 1.48 bits per heavy atom. The van der Waals surface area contributed by atoms with Crippen molar-refractivity contribution in [3.8, 4) is 0 Å². The zero-order chi connectivity index (χ0) is 15.2. The van der Waals surface area contributed by atoms with E-state index in [0.29, 0.717) is 30.8 Å². The smallest absolute Gasteiger partial charge is 0.316 e. The van der Waals surface area contributed by atoms with Crippen LogP contribution in [0.15, 0.2) is 24.3 Å². The van der Waals surface area contributed by atoms with Crippen LogP contribution in [0.3, 0.4) is 0 Å². The number of anilines is 2. The number of nitrogens with one attached hydrogen (secondary N) is 2. The molecule has 0 radical (unpaired) electrons. The zero-order valence-corrected chi connectivity index (χ0v) is 13.1. The average molecular weight is 315 g/mol. The van der Waals surface area contributed by atoms with Crippen molar-refractivity contribution in [2.24, 2.45) is 16.9 Å². The SMILES string of the molecule is CCC(CC)(CN)C(=O)Nc1ccc(NC(N)=O)cc1.Cl. The summed E-state index contributed by atoms with van der Waals surface area (Å²) >= 11 is 0. The molecule has 0 bridgehead atoms. The molecule has 0 aliphatic carbocycles. The maximum absolute atomic E-state index is 12.3. The third-order valence-electron chi connectivity index (χ3n) is 3.64. The predicted octanol–water partition coefficient (Wildman–Crippen LogP) is 2.30. The number of hydrogen-bond donors (Lipinski definition) is 4. The standard InChI is InChI=1S/C14H22N4O2.ClH/c1-3-14(4-2,9-15)12(19)17-10-5-7-11(8-6-10)18-13(16)20;/h5-8H,3-4,9,15H2,1-2H3,(H,17,19)(H3,16,18,20);1H. The third-order valence-corrected chi connectivity index (χ3v) is 3.64. The summed E-state index contributed by atoms with van der Waals surface area (Å²) in [5, 5.41) is 5.31. The van der Waals surface area contributed by atoms with E-state index in [2.05, 4.69) is 10.6 Å². The molecule has 0 aliphatic rings. The zero-order valence-electron chi connectivity index (χ0n) is 12.3. The summed E-state index contributed by atoms with van der Waals surface area (Å²) in [5.41, 5.74) is 11.5. The van der Waals surface area contributed by atoms with Crippen LogP contribution >= 0.6 is 12.4 Å². The van der Waals surface area contributed by atoms with Gasteiger partial charge in [-0.15, -0.1) is 12.4 Å². The van der Waals surface area contributed by atoms with E-state index in [-0.39, 0.29) is 18.3 Å². The molecule has 0 atom stereocenters. The van der Waals surface area contributed by atoms with E-state index in [1.165, 1.54) is 0 Å². The van der Waals surface area contributed by atoms with Crippen molar-refractivity contribution in [3.63, 3.8) is 0 Å². The topological polar surface area (TPSA) is 110 Å². The fourth-order valence-corrected chi connectivity index (χ4v) is 2.00. The highest BCUT2D eigenvalue weighted by atomic mass is 35.5. The Balaban J connectivity index is 0.00000400. The molecule has 0 aliphatic heterocycles.